The lowest BCUT2D eigenvalue weighted by atomic mass is 10.0. The van der Waals surface area contributed by atoms with Crippen molar-refractivity contribution in [1.82, 2.24) is 9.88 Å². The van der Waals surface area contributed by atoms with E-state index in [-0.39, 0.29) is 23.1 Å². The van der Waals surface area contributed by atoms with Crippen molar-refractivity contribution in [1.29, 1.82) is 0 Å². The molecule has 0 saturated carbocycles. The second-order valence-corrected chi connectivity index (χ2v) is 6.77. The van der Waals surface area contributed by atoms with Crippen molar-refractivity contribution < 1.29 is 23.5 Å². The second-order valence-electron chi connectivity index (χ2n) is 6.77. The highest BCUT2D eigenvalue weighted by molar-refractivity contribution is 6.03. The summed E-state index contributed by atoms with van der Waals surface area (Å²) in [5.41, 5.74) is 0.768. The van der Waals surface area contributed by atoms with Gasteiger partial charge in [-0.2, -0.15) is 0 Å². The molecule has 8 heteroatoms. The van der Waals surface area contributed by atoms with Crippen molar-refractivity contribution >= 4 is 17.5 Å². The Labute approximate surface area is 161 Å². The smallest absolute Gasteiger partial charge is 0.274 e. The van der Waals surface area contributed by atoms with Crippen molar-refractivity contribution in [2.75, 3.05) is 31.6 Å². The second kappa shape index (κ2) is 7.65. The maximum absolute atomic E-state index is 13.0. The maximum atomic E-state index is 13.0. The number of ether oxygens (including phenoxy) is 2. The molecule has 0 unspecified atom stereocenters. The molecule has 2 saturated heterocycles. The summed E-state index contributed by atoms with van der Waals surface area (Å²) < 4.78 is 24.3. The number of likely N-dealkylation sites (tertiary alicyclic amines) is 1. The Kier molecular flexibility index (Phi) is 5.06. The number of halogens is 1. The van der Waals surface area contributed by atoms with Gasteiger partial charge in [0.25, 0.3) is 11.8 Å². The van der Waals surface area contributed by atoms with Crippen LogP contribution in [0.3, 0.4) is 0 Å². The van der Waals surface area contributed by atoms with E-state index in [0.29, 0.717) is 44.8 Å². The lowest BCUT2D eigenvalue weighted by Gasteiger charge is -2.37. The molecule has 146 valence electrons. The lowest BCUT2D eigenvalue weighted by molar-refractivity contribution is -0.181. The van der Waals surface area contributed by atoms with Crippen LogP contribution in [-0.2, 0) is 9.47 Å². The fourth-order valence-corrected chi connectivity index (χ4v) is 3.41. The normalized spacial score (nSPS) is 18.2. The Morgan fingerprint density at radius 3 is 2.32 bits per heavy atom. The number of pyridine rings is 1. The molecule has 0 bridgehead atoms. The number of hydrogen-bond donors (Lipinski definition) is 1. The summed E-state index contributed by atoms with van der Waals surface area (Å²) in [7, 11) is 0. The Balaban J connectivity index is 1.42. The van der Waals surface area contributed by atoms with E-state index in [1.807, 2.05) is 0 Å². The number of benzene rings is 1. The zero-order valence-electron chi connectivity index (χ0n) is 15.2. The zero-order chi connectivity index (χ0) is 19.6. The number of carbonyl (C=O) groups is 2. The zero-order valence-corrected chi connectivity index (χ0v) is 15.2. The van der Waals surface area contributed by atoms with Crippen molar-refractivity contribution in [2.24, 2.45) is 0 Å². The summed E-state index contributed by atoms with van der Waals surface area (Å²) in [6, 6.07) is 10.2. The molecule has 7 nitrogen and oxygen atoms in total. The van der Waals surface area contributed by atoms with Crippen LogP contribution < -0.4 is 5.32 Å². The van der Waals surface area contributed by atoms with E-state index in [4.69, 9.17) is 9.47 Å². The van der Waals surface area contributed by atoms with Crippen LogP contribution in [0, 0.1) is 5.82 Å². The Morgan fingerprint density at radius 2 is 1.64 bits per heavy atom. The van der Waals surface area contributed by atoms with E-state index in [2.05, 4.69) is 10.3 Å². The van der Waals surface area contributed by atoms with Gasteiger partial charge in [0.15, 0.2) is 5.79 Å². The molecule has 4 rings (SSSR count). The molecule has 1 N–H and O–H groups in total. The molecule has 2 amide bonds. The van der Waals surface area contributed by atoms with Gasteiger partial charge in [0.05, 0.1) is 13.2 Å². The number of amides is 2. The van der Waals surface area contributed by atoms with Crippen LogP contribution >= 0.6 is 0 Å². The summed E-state index contributed by atoms with van der Waals surface area (Å²) in [6.07, 6.45) is 1.23. The number of piperidine rings is 1. The fraction of sp³-hybridized carbons (Fsp3) is 0.350. The van der Waals surface area contributed by atoms with E-state index in [0.717, 1.165) is 0 Å². The number of anilines is 1. The van der Waals surface area contributed by atoms with Crippen molar-refractivity contribution in [3.8, 4) is 0 Å². The van der Waals surface area contributed by atoms with Gasteiger partial charge in [-0.1, -0.05) is 6.07 Å². The largest absolute Gasteiger partial charge is 0.347 e. The molecule has 2 aliphatic heterocycles. The summed E-state index contributed by atoms with van der Waals surface area (Å²) in [4.78, 5) is 31.1. The third-order valence-corrected chi connectivity index (χ3v) is 4.93. The van der Waals surface area contributed by atoms with Crippen molar-refractivity contribution in [2.45, 2.75) is 18.6 Å². The van der Waals surface area contributed by atoms with E-state index in [1.165, 1.54) is 30.3 Å². The van der Waals surface area contributed by atoms with E-state index < -0.39 is 11.7 Å². The Morgan fingerprint density at radius 1 is 1.00 bits per heavy atom. The van der Waals surface area contributed by atoms with Crippen LogP contribution in [0.4, 0.5) is 10.1 Å². The average molecular weight is 385 g/mol. The third-order valence-electron chi connectivity index (χ3n) is 4.93. The van der Waals surface area contributed by atoms with E-state index >= 15 is 0 Å². The topological polar surface area (TPSA) is 80.8 Å². The standard InChI is InChI=1S/C20H20FN3O4/c21-14-4-6-15(7-5-14)22-18(25)16-2-1-3-17(23-16)19(26)24-10-8-20(9-11-24)27-12-13-28-20/h1-7H,8-13H2,(H,22,25). The molecular weight excluding hydrogens is 365 g/mol. The summed E-state index contributed by atoms with van der Waals surface area (Å²) in [5.74, 6) is -1.64. The highest BCUT2D eigenvalue weighted by Crippen LogP contribution is 2.31. The minimum atomic E-state index is -0.554. The summed E-state index contributed by atoms with van der Waals surface area (Å²) in [5, 5.41) is 2.64. The number of nitrogens with zero attached hydrogens (tertiary/aromatic N) is 2. The first-order chi connectivity index (χ1) is 13.5. The quantitative estimate of drug-likeness (QED) is 0.878. The molecule has 28 heavy (non-hydrogen) atoms. The van der Waals surface area contributed by atoms with Crippen LogP contribution in [-0.4, -0.2) is 53.8 Å². The predicted molar refractivity (Wildman–Crippen MR) is 98.4 cm³/mol. The number of rotatable bonds is 3. The van der Waals surface area contributed by atoms with Gasteiger partial charge >= 0.3 is 0 Å². The lowest BCUT2D eigenvalue weighted by Crippen LogP contribution is -2.47. The van der Waals surface area contributed by atoms with E-state index in [9.17, 15) is 14.0 Å². The van der Waals surface area contributed by atoms with Crippen LogP contribution in [0.25, 0.3) is 0 Å². The van der Waals surface area contributed by atoms with Crippen molar-refractivity contribution in [3.63, 3.8) is 0 Å². The van der Waals surface area contributed by atoms with Gasteiger partial charge in [-0.25, -0.2) is 9.37 Å². The van der Waals surface area contributed by atoms with Gasteiger partial charge < -0.3 is 19.7 Å². The molecule has 1 aromatic carbocycles. The first-order valence-electron chi connectivity index (χ1n) is 9.16. The SMILES string of the molecule is O=C(Nc1ccc(F)cc1)c1cccc(C(=O)N2CCC3(CC2)OCCO3)n1. The average Bonchev–Trinajstić information content (AvgIpc) is 3.18. The number of aromatic nitrogens is 1. The molecule has 0 aliphatic carbocycles. The molecular formula is C20H20FN3O4. The maximum Gasteiger partial charge on any atom is 0.274 e. The van der Waals surface area contributed by atoms with E-state index in [1.54, 1.807) is 17.0 Å². The van der Waals surface area contributed by atoms with Crippen LogP contribution in [0.1, 0.15) is 33.8 Å². The van der Waals surface area contributed by atoms with Crippen LogP contribution in [0.5, 0.6) is 0 Å². The molecule has 1 aromatic heterocycles. The molecule has 0 radical (unpaired) electrons. The number of carbonyl (C=O) groups excluding carboxylic acids is 2. The first-order valence-corrected chi connectivity index (χ1v) is 9.16. The summed E-state index contributed by atoms with van der Waals surface area (Å²) >= 11 is 0. The van der Waals surface area contributed by atoms with Gasteiger partial charge in [0.2, 0.25) is 0 Å². The molecule has 3 heterocycles. The Hall–Kier alpha value is -2.84. The van der Waals surface area contributed by atoms with Gasteiger partial charge in [0.1, 0.15) is 17.2 Å². The van der Waals surface area contributed by atoms with Gasteiger partial charge in [-0.05, 0) is 36.4 Å². The first kappa shape index (κ1) is 18.5. The van der Waals surface area contributed by atoms with Gasteiger partial charge in [-0.15, -0.1) is 0 Å². The summed E-state index contributed by atoms with van der Waals surface area (Å²) in [6.45, 7) is 2.18. The molecule has 2 aromatic rings. The Bertz CT molecular complexity index is 871. The van der Waals surface area contributed by atoms with Gasteiger partial charge in [0, 0.05) is 31.6 Å². The monoisotopic (exact) mass is 385 g/mol. The minimum Gasteiger partial charge on any atom is -0.347 e. The predicted octanol–water partition coefficient (Wildman–Crippen LogP) is 2.45. The van der Waals surface area contributed by atoms with Gasteiger partial charge in [-0.3, -0.25) is 9.59 Å². The molecule has 0 atom stereocenters. The highest BCUT2D eigenvalue weighted by atomic mass is 19.1. The molecule has 2 aliphatic rings. The molecule has 1 spiro atoms. The van der Waals surface area contributed by atoms with Crippen molar-refractivity contribution in [3.05, 3.63) is 59.7 Å². The highest BCUT2D eigenvalue weighted by Gasteiger charge is 2.41. The van der Waals surface area contributed by atoms with Crippen LogP contribution in [0.15, 0.2) is 42.5 Å². The number of hydrogen-bond acceptors (Lipinski definition) is 5. The number of nitrogens with one attached hydrogen (secondary N) is 1. The third kappa shape index (κ3) is 3.88. The molecule has 2 fully saturated rings. The minimum absolute atomic E-state index is 0.117. The van der Waals surface area contributed by atoms with Crippen LogP contribution in [0.2, 0.25) is 0 Å². The fourth-order valence-electron chi connectivity index (χ4n) is 3.41.